The Kier molecular flexibility index (Phi) is 5.97. The number of hydrogen-bond donors (Lipinski definition) is 1. The Morgan fingerprint density at radius 1 is 1.62 bits per heavy atom. The van der Waals surface area contributed by atoms with Crippen molar-refractivity contribution in [3.63, 3.8) is 0 Å². The second kappa shape index (κ2) is 7.01. The predicted octanol–water partition coefficient (Wildman–Crippen LogP) is 1.63. The van der Waals surface area contributed by atoms with E-state index >= 15 is 0 Å². The second-order valence-electron chi connectivity index (χ2n) is 3.88. The third kappa shape index (κ3) is 4.21. The first-order valence-corrected chi connectivity index (χ1v) is 6.66. The van der Waals surface area contributed by atoms with Gasteiger partial charge in [0.2, 0.25) is 0 Å². The van der Waals surface area contributed by atoms with Gasteiger partial charge in [-0.3, -0.25) is 9.36 Å². The summed E-state index contributed by atoms with van der Waals surface area (Å²) in [4.78, 5) is 15.7. The highest BCUT2D eigenvalue weighted by Crippen LogP contribution is 1.95. The molecule has 0 aliphatic rings. The lowest BCUT2D eigenvalue weighted by Gasteiger charge is -2.13. The maximum absolute atomic E-state index is 11.7. The molecule has 0 saturated carbocycles. The average molecular weight is 335 g/mol. The fourth-order valence-corrected chi connectivity index (χ4v) is 2.02. The van der Waals surface area contributed by atoms with E-state index in [-0.39, 0.29) is 5.56 Å². The summed E-state index contributed by atoms with van der Waals surface area (Å²) in [5, 5.41) is 3.39. The van der Waals surface area contributed by atoms with Gasteiger partial charge in [0.05, 0.1) is 9.90 Å². The van der Waals surface area contributed by atoms with Crippen molar-refractivity contribution in [3.05, 3.63) is 26.4 Å². The van der Waals surface area contributed by atoms with Gasteiger partial charge in [-0.1, -0.05) is 13.3 Å². The Bertz CT molecular complexity index is 378. The second-order valence-corrected chi connectivity index (χ2v) is 5.05. The number of aromatic nitrogens is 2. The van der Waals surface area contributed by atoms with Crippen LogP contribution in [0.2, 0.25) is 0 Å². The van der Waals surface area contributed by atoms with E-state index in [4.69, 9.17) is 0 Å². The van der Waals surface area contributed by atoms with Crippen molar-refractivity contribution >= 4 is 22.6 Å². The molecule has 90 valence electrons. The Hall–Kier alpha value is -0.430. The zero-order chi connectivity index (χ0) is 12.0. The predicted molar refractivity (Wildman–Crippen MR) is 73.6 cm³/mol. The zero-order valence-electron chi connectivity index (χ0n) is 9.74. The summed E-state index contributed by atoms with van der Waals surface area (Å²) in [5.74, 6) is 0. The number of halogens is 1. The molecule has 0 amide bonds. The lowest BCUT2D eigenvalue weighted by atomic mass is 10.2. The van der Waals surface area contributed by atoms with Crippen LogP contribution in [-0.4, -0.2) is 22.1 Å². The van der Waals surface area contributed by atoms with Crippen LogP contribution in [0.4, 0.5) is 0 Å². The topological polar surface area (TPSA) is 46.9 Å². The van der Waals surface area contributed by atoms with E-state index in [0.29, 0.717) is 16.2 Å². The minimum absolute atomic E-state index is 0.0422. The van der Waals surface area contributed by atoms with Gasteiger partial charge in [-0.05, 0) is 35.9 Å². The highest BCUT2D eigenvalue weighted by Gasteiger charge is 2.02. The lowest BCUT2D eigenvalue weighted by Crippen LogP contribution is -2.32. The Morgan fingerprint density at radius 3 is 3.06 bits per heavy atom. The van der Waals surface area contributed by atoms with E-state index in [1.807, 2.05) is 22.6 Å². The minimum Gasteiger partial charge on any atom is -0.312 e. The maximum atomic E-state index is 11.7. The van der Waals surface area contributed by atoms with E-state index < -0.39 is 0 Å². The first kappa shape index (κ1) is 13.6. The summed E-state index contributed by atoms with van der Waals surface area (Å²) in [6.07, 6.45) is 5.53. The van der Waals surface area contributed by atoms with Gasteiger partial charge in [0.1, 0.15) is 0 Å². The molecule has 0 aromatic carbocycles. The minimum atomic E-state index is 0.0422. The van der Waals surface area contributed by atoms with E-state index in [0.717, 1.165) is 6.54 Å². The van der Waals surface area contributed by atoms with E-state index in [1.54, 1.807) is 17.1 Å². The molecular formula is C11H18IN3O. The molecule has 1 unspecified atom stereocenters. The van der Waals surface area contributed by atoms with Crippen LogP contribution in [0, 0.1) is 3.57 Å². The first-order valence-electron chi connectivity index (χ1n) is 5.58. The molecule has 1 N–H and O–H groups in total. The van der Waals surface area contributed by atoms with Crippen LogP contribution in [0.15, 0.2) is 17.3 Å². The van der Waals surface area contributed by atoms with Crippen LogP contribution >= 0.6 is 22.6 Å². The van der Waals surface area contributed by atoms with Gasteiger partial charge in [-0.15, -0.1) is 0 Å². The smallest absolute Gasteiger partial charge is 0.266 e. The van der Waals surface area contributed by atoms with E-state index in [1.165, 1.54) is 12.8 Å². The number of nitrogens with one attached hydrogen (secondary N) is 1. The van der Waals surface area contributed by atoms with Crippen LogP contribution in [0.5, 0.6) is 0 Å². The van der Waals surface area contributed by atoms with Crippen LogP contribution in [0.3, 0.4) is 0 Å². The highest BCUT2D eigenvalue weighted by atomic mass is 127. The monoisotopic (exact) mass is 335 g/mol. The summed E-state index contributed by atoms with van der Waals surface area (Å²) in [5.41, 5.74) is 0.0422. The molecule has 0 aliphatic carbocycles. The largest absolute Gasteiger partial charge is 0.312 e. The van der Waals surface area contributed by atoms with Crippen LogP contribution in [0.1, 0.15) is 26.7 Å². The molecule has 0 aliphatic heterocycles. The van der Waals surface area contributed by atoms with Gasteiger partial charge in [0.25, 0.3) is 5.56 Å². The number of hydrogen-bond acceptors (Lipinski definition) is 3. The molecule has 0 saturated heterocycles. The highest BCUT2D eigenvalue weighted by molar-refractivity contribution is 14.1. The molecule has 0 radical (unpaired) electrons. The standard InChI is InChI=1S/C11H18IN3O/c1-3-4-9(2)14-5-6-15-8-13-7-10(12)11(15)16/h7-9,14H,3-6H2,1-2H3. The molecule has 0 fully saturated rings. The van der Waals surface area contributed by atoms with Crippen molar-refractivity contribution in [2.24, 2.45) is 0 Å². The third-order valence-electron chi connectivity index (χ3n) is 2.43. The molecule has 4 nitrogen and oxygen atoms in total. The lowest BCUT2D eigenvalue weighted by molar-refractivity contribution is 0.480. The van der Waals surface area contributed by atoms with Gasteiger partial charge in [0.15, 0.2) is 0 Å². The van der Waals surface area contributed by atoms with Gasteiger partial charge >= 0.3 is 0 Å². The fourth-order valence-electron chi connectivity index (χ4n) is 1.55. The summed E-state index contributed by atoms with van der Waals surface area (Å²) in [6, 6.07) is 0.511. The summed E-state index contributed by atoms with van der Waals surface area (Å²) >= 11 is 2.01. The number of rotatable bonds is 6. The fraction of sp³-hybridized carbons (Fsp3) is 0.636. The Morgan fingerprint density at radius 2 is 2.38 bits per heavy atom. The molecule has 1 atom stereocenters. The van der Waals surface area contributed by atoms with E-state index in [9.17, 15) is 4.79 Å². The molecule has 1 heterocycles. The van der Waals surface area contributed by atoms with Crippen LogP contribution in [0.25, 0.3) is 0 Å². The van der Waals surface area contributed by atoms with Crippen molar-refractivity contribution in [2.45, 2.75) is 39.3 Å². The van der Waals surface area contributed by atoms with Gasteiger partial charge < -0.3 is 5.32 Å². The summed E-state index contributed by atoms with van der Waals surface area (Å²) in [6.45, 7) is 5.82. The zero-order valence-corrected chi connectivity index (χ0v) is 11.9. The normalized spacial score (nSPS) is 12.7. The third-order valence-corrected chi connectivity index (χ3v) is 3.17. The Labute approximate surface area is 110 Å². The SMILES string of the molecule is CCCC(C)NCCn1cncc(I)c1=O. The molecule has 1 aromatic rings. The van der Waals surface area contributed by atoms with Gasteiger partial charge in [0, 0.05) is 25.3 Å². The molecule has 1 rings (SSSR count). The molecule has 16 heavy (non-hydrogen) atoms. The van der Waals surface area contributed by atoms with Gasteiger partial charge in [-0.2, -0.15) is 0 Å². The molecule has 0 spiro atoms. The van der Waals surface area contributed by atoms with Crippen molar-refractivity contribution in [1.29, 1.82) is 0 Å². The van der Waals surface area contributed by atoms with Crippen LogP contribution < -0.4 is 10.9 Å². The Balaban J connectivity index is 2.43. The maximum Gasteiger partial charge on any atom is 0.266 e. The number of nitrogens with zero attached hydrogens (tertiary/aromatic N) is 2. The molecule has 1 aromatic heterocycles. The average Bonchev–Trinajstić information content (AvgIpc) is 2.25. The van der Waals surface area contributed by atoms with E-state index in [2.05, 4.69) is 24.1 Å². The molecule has 5 heteroatoms. The first-order chi connectivity index (χ1) is 7.65. The quantitative estimate of drug-likeness (QED) is 0.804. The molecular weight excluding hydrogens is 317 g/mol. The van der Waals surface area contributed by atoms with Crippen LogP contribution in [-0.2, 0) is 6.54 Å². The van der Waals surface area contributed by atoms with Gasteiger partial charge in [-0.25, -0.2) is 4.98 Å². The van der Waals surface area contributed by atoms with Crippen molar-refractivity contribution in [3.8, 4) is 0 Å². The van der Waals surface area contributed by atoms with Crippen molar-refractivity contribution < 1.29 is 0 Å². The summed E-state index contributed by atoms with van der Waals surface area (Å²) < 4.78 is 2.31. The van der Waals surface area contributed by atoms with Crippen molar-refractivity contribution in [1.82, 2.24) is 14.9 Å². The summed E-state index contributed by atoms with van der Waals surface area (Å²) in [7, 11) is 0. The van der Waals surface area contributed by atoms with Crippen molar-refractivity contribution in [2.75, 3.05) is 6.54 Å². The molecule has 0 bridgehead atoms.